The van der Waals surface area contributed by atoms with Gasteiger partial charge in [0.15, 0.2) is 5.54 Å². The van der Waals surface area contributed by atoms with Crippen LogP contribution in [0.25, 0.3) is 0 Å². The van der Waals surface area contributed by atoms with Crippen LogP contribution in [0.2, 0.25) is 0 Å². The van der Waals surface area contributed by atoms with E-state index in [1.165, 1.54) is 12.2 Å². The van der Waals surface area contributed by atoms with E-state index in [0.717, 1.165) is 5.06 Å². The first-order valence-corrected chi connectivity index (χ1v) is 9.90. The maximum Gasteiger partial charge on any atom is 1.00 e. The number of rotatable bonds is 1. The van der Waals surface area contributed by atoms with Crippen molar-refractivity contribution in [2.45, 2.75) is 84.5 Å². The summed E-state index contributed by atoms with van der Waals surface area (Å²) < 4.78 is 0.615. The van der Waals surface area contributed by atoms with Gasteiger partial charge < -0.3 is 25.7 Å². The van der Waals surface area contributed by atoms with E-state index in [-0.39, 0.29) is 52.4 Å². The van der Waals surface area contributed by atoms with Gasteiger partial charge in [0.1, 0.15) is 11.1 Å². The number of Topliss-reactive ketones (excluding diaryl/α,β-unsaturated/α-hetero) is 1. The first kappa shape index (κ1) is 25.9. The third-order valence-electron chi connectivity index (χ3n) is 7.54. The predicted octanol–water partition coefficient (Wildman–Crippen LogP) is -0.00140. The molecule has 10 heteroatoms. The SMILES string of the molecule is CC1=CC(=C2N([O-])C(C)(C)C(C)(C)N2[O-])C(=O)C(C2=[N+]([O-])C(C)(C)C(C)(C)N2O)=C1.[Na+]. The summed E-state index contributed by atoms with van der Waals surface area (Å²) in [5.74, 6) is -1.15. The monoisotopic (exact) mass is 441 g/mol. The van der Waals surface area contributed by atoms with E-state index in [1.807, 2.05) is 0 Å². The van der Waals surface area contributed by atoms with Crippen LogP contribution in [0, 0.1) is 15.6 Å². The molecule has 1 saturated heterocycles. The molecule has 0 atom stereocenters. The quantitative estimate of drug-likeness (QED) is 0.261. The molecule has 0 radical (unpaired) electrons. The summed E-state index contributed by atoms with van der Waals surface area (Å²) in [5.41, 5.74) is -3.76. The summed E-state index contributed by atoms with van der Waals surface area (Å²) in [7, 11) is 0. The Hall–Kier alpha value is -1.36. The fraction of sp³-hybridized carbons (Fsp3) is 0.619. The van der Waals surface area contributed by atoms with Crippen LogP contribution < -0.4 is 29.6 Å². The Morgan fingerprint density at radius 2 is 1.35 bits per heavy atom. The Kier molecular flexibility index (Phi) is 6.12. The van der Waals surface area contributed by atoms with Crippen molar-refractivity contribution < 1.29 is 44.3 Å². The fourth-order valence-corrected chi connectivity index (χ4v) is 3.78. The molecule has 166 valence electrons. The minimum atomic E-state index is -1.08. The van der Waals surface area contributed by atoms with Crippen LogP contribution in [0.3, 0.4) is 0 Å². The van der Waals surface area contributed by atoms with Crippen LogP contribution in [0.5, 0.6) is 0 Å². The van der Waals surface area contributed by atoms with Crippen LogP contribution in [-0.2, 0) is 4.79 Å². The number of hydrogen-bond donors (Lipinski definition) is 1. The Morgan fingerprint density at radius 3 is 1.74 bits per heavy atom. The maximum absolute atomic E-state index is 13.4. The smallest absolute Gasteiger partial charge is 0.757 e. The van der Waals surface area contributed by atoms with Gasteiger partial charge >= 0.3 is 35.4 Å². The van der Waals surface area contributed by atoms with Crippen molar-refractivity contribution in [3.8, 4) is 0 Å². The second kappa shape index (κ2) is 7.33. The van der Waals surface area contributed by atoms with Crippen molar-refractivity contribution in [2.75, 3.05) is 0 Å². The zero-order valence-electron chi connectivity index (χ0n) is 20.0. The van der Waals surface area contributed by atoms with Crippen LogP contribution in [0.1, 0.15) is 62.3 Å². The van der Waals surface area contributed by atoms with Gasteiger partial charge in [-0.05, 0) is 80.0 Å². The van der Waals surface area contributed by atoms with Crippen molar-refractivity contribution in [2.24, 2.45) is 0 Å². The topological polar surface area (TPSA) is 119 Å². The van der Waals surface area contributed by atoms with Gasteiger partial charge in [-0.15, -0.1) is 5.06 Å². The van der Waals surface area contributed by atoms with Crippen LogP contribution in [-0.4, -0.2) is 58.9 Å². The standard InChI is InChI=1S/C21H30N4O5.Na/c1-12-10-13(16-22(27)18(2,3)19(4,5)23(16)28)15(26)14(11-12)17-24(29)20(6,7)21(8,9)25(17)30;/h10-11,27H,1-9H3;/q-2;+1. The molecule has 2 heterocycles. The number of ketones is 1. The normalized spacial score (nSPS) is 26.3. The van der Waals surface area contributed by atoms with Gasteiger partial charge in [-0.1, -0.05) is 0 Å². The van der Waals surface area contributed by atoms with Crippen molar-refractivity contribution in [1.29, 1.82) is 0 Å². The average molecular weight is 441 g/mol. The van der Waals surface area contributed by atoms with Gasteiger partial charge in [0.2, 0.25) is 5.78 Å². The van der Waals surface area contributed by atoms with Crippen LogP contribution in [0.15, 0.2) is 34.7 Å². The van der Waals surface area contributed by atoms with Crippen molar-refractivity contribution in [3.05, 3.63) is 50.3 Å². The summed E-state index contributed by atoms with van der Waals surface area (Å²) in [5, 5.41) is 51.9. The Balaban J connectivity index is 0.00000341. The van der Waals surface area contributed by atoms with Gasteiger partial charge in [-0.2, -0.15) is 0 Å². The zero-order chi connectivity index (χ0) is 23.2. The van der Waals surface area contributed by atoms with E-state index in [2.05, 4.69) is 0 Å². The molecule has 0 amide bonds. The van der Waals surface area contributed by atoms with E-state index in [4.69, 9.17) is 0 Å². The summed E-state index contributed by atoms with van der Waals surface area (Å²) >= 11 is 0. The molecule has 0 aromatic heterocycles. The molecule has 0 aromatic rings. The predicted molar refractivity (Wildman–Crippen MR) is 113 cm³/mol. The largest absolute Gasteiger partial charge is 1.00 e. The van der Waals surface area contributed by atoms with Crippen molar-refractivity contribution in [1.82, 2.24) is 15.2 Å². The number of nitrogens with zero attached hydrogens (tertiary/aromatic N) is 4. The van der Waals surface area contributed by atoms with E-state index >= 15 is 0 Å². The summed E-state index contributed by atoms with van der Waals surface area (Å²) in [6.45, 7) is 15.0. The number of carbonyl (C=O) groups excluding carboxylic acids is 1. The molecule has 31 heavy (non-hydrogen) atoms. The second-order valence-electron chi connectivity index (χ2n) is 10.3. The Morgan fingerprint density at radius 1 is 0.903 bits per heavy atom. The van der Waals surface area contributed by atoms with Gasteiger partial charge in [0, 0.05) is 11.1 Å². The van der Waals surface area contributed by atoms with Crippen molar-refractivity contribution >= 4 is 11.6 Å². The molecule has 0 aromatic carbocycles. The maximum atomic E-state index is 13.4. The van der Waals surface area contributed by atoms with E-state index < -0.39 is 27.9 Å². The molecule has 1 N–H and O–H groups in total. The van der Waals surface area contributed by atoms with Gasteiger partial charge in [-0.25, -0.2) is 5.21 Å². The molecule has 2 aliphatic heterocycles. The number of hydrogen-bond acceptors (Lipinski definition) is 8. The summed E-state index contributed by atoms with van der Waals surface area (Å²) in [6.07, 6.45) is 2.96. The third kappa shape index (κ3) is 3.13. The molecule has 0 spiro atoms. The van der Waals surface area contributed by atoms with E-state index in [9.17, 15) is 25.6 Å². The molecular weight excluding hydrogens is 411 g/mol. The second-order valence-corrected chi connectivity index (χ2v) is 10.3. The molecule has 0 unspecified atom stereocenters. The first-order valence-electron chi connectivity index (χ1n) is 9.90. The fourth-order valence-electron chi connectivity index (χ4n) is 3.78. The number of hydroxylamine groups is 7. The van der Waals surface area contributed by atoms with Crippen molar-refractivity contribution in [3.63, 3.8) is 0 Å². The minimum Gasteiger partial charge on any atom is -0.757 e. The van der Waals surface area contributed by atoms with E-state index in [0.29, 0.717) is 20.4 Å². The number of carbonyl (C=O) groups is 1. The van der Waals surface area contributed by atoms with Gasteiger partial charge in [-0.3, -0.25) is 9.53 Å². The van der Waals surface area contributed by atoms with Crippen LogP contribution in [0.4, 0.5) is 0 Å². The minimum absolute atomic E-state index is 0. The zero-order valence-corrected chi connectivity index (χ0v) is 22.0. The molecule has 9 nitrogen and oxygen atoms in total. The molecule has 3 aliphatic rings. The molecule has 0 saturated carbocycles. The number of allylic oxidation sites excluding steroid dienone is 4. The Labute approximate surface area is 205 Å². The molecule has 1 aliphatic carbocycles. The average Bonchev–Trinajstić information content (AvgIpc) is 2.82. The first-order chi connectivity index (χ1) is 13.4. The molecule has 0 bridgehead atoms. The summed E-state index contributed by atoms with van der Waals surface area (Å²) in [6, 6.07) is 0. The Bertz CT molecular complexity index is 937. The summed E-state index contributed by atoms with van der Waals surface area (Å²) in [4.78, 5) is 13.4. The third-order valence-corrected chi connectivity index (χ3v) is 7.54. The molecule has 1 fully saturated rings. The molecule has 3 rings (SSSR count). The van der Waals surface area contributed by atoms with E-state index in [1.54, 1.807) is 62.3 Å². The van der Waals surface area contributed by atoms with Gasteiger partial charge in [0.25, 0.3) is 0 Å². The van der Waals surface area contributed by atoms with Crippen LogP contribution >= 0.6 is 0 Å². The van der Waals surface area contributed by atoms with Gasteiger partial charge in [0.05, 0.1) is 11.4 Å². The number of amidine groups is 1. The molecular formula is C21H30N4NaO5-.